The van der Waals surface area contributed by atoms with Crippen LogP contribution in [-0.4, -0.2) is 18.3 Å². The molecule has 1 aromatic rings. The molecular formula is C17H21NO3. The van der Waals surface area contributed by atoms with Crippen molar-refractivity contribution in [3.8, 4) is 17.6 Å². The van der Waals surface area contributed by atoms with Crippen molar-refractivity contribution < 1.29 is 14.6 Å². The third-order valence-corrected chi connectivity index (χ3v) is 2.95. The molecular weight excluding hydrogens is 266 g/mol. The maximum atomic E-state index is 10.3. The van der Waals surface area contributed by atoms with E-state index in [0.29, 0.717) is 23.5 Å². The molecule has 21 heavy (non-hydrogen) atoms. The minimum atomic E-state index is -1.06. The van der Waals surface area contributed by atoms with E-state index in [0.717, 1.165) is 5.56 Å². The Labute approximate surface area is 125 Å². The molecule has 4 nitrogen and oxygen atoms in total. The van der Waals surface area contributed by atoms with Crippen LogP contribution in [0.4, 0.5) is 0 Å². The van der Waals surface area contributed by atoms with E-state index in [1.54, 1.807) is 25.3 Å². The van der Waals surface area contributed by atoms with E-state index in [2.05, 4.69) is 13.2 Å². The number of aliphatic hydroxyl groups excluding tert-OH is 1. The van der Waals surface area contributed by atoms with Crippen LogP contribution in [0.25, 0.3) is 0 Å². The Bertz CT molecular complexity index is 570. The van der Waals surface area contributed by atoms with Gasteiger partial charge in [-0.2, -0.15) is 5.26 Å². The van der Waals surface area contributed by atoms with Gasteiger partial charge in [0.25, 0.3) is 0 Å². The van der Waals surface area contributed by atoms with Crippen LogP contribution in [0.5, 0.6) is 11.5 Å². The van der Waals surface area contributed by atoms with Crippen LogP contribution in [-0.2, 0) is 6.42 Å². The van der Waals surface area contributed by atoms with Gasteiger partial charge in [0.1, 0.15) is 6.10 Å². The highest BCUT2D eigenvalue weighted by Gasteiger charge is 2.21. The molecule has 112 valence electrons. The fourth-order valence-corrected chi connectivity index (χ4v) is 2.01. The van der Waals surface area contributed by atoms with Crippen molar-refractivity contribution in [1.82, 2.24) is 0 Å². The van der Waals surface area contributed by atoms with Gasteiger partial charge in [-0.3, -0.25) is 0 Å². The number of hydrogen-bond donors (Lipinski definition) is 1. The van der Waals surface area contributed by atoms with E-state index in [1.807, 2.05) is 19.9 Å². The van der Waals surface area contributed by atoms with Gasteiger partial charge in [0.2, 0.25) is 0 Å². The largest absolute Gasteiger partial charge is 0.493 e. The van der Waals surface area contributed by atoms with Crippen molar-refractivity contribution in [2.75, 3.05) is 7.11 Å². The van der Waals surface area contributed by atoms with E-state index in [4.69, 9.17) is 14.7 Å². The second kappa shape index (κ2) is 7.51. The Morgan fingerprint density at radius 3 is 2.62 bits per heavy atom. The number of ether oxygens (including phenoxy) is 2. The van der Waals surface area contributed by atoms with Gasteiger partial charge in [-0.15, -0.1) is 6.58 Å². The molecule has 1 unspecified atom stereocenters. The van der Waals surface area contributed by atoms with Gasteiger partial charge >= 0.3 is 0 Å². The third kappa shape index (κ3) is 3.87. The smallest absolute Gasteiger partial charge is 0.165 e. The second-order valence-corrected chi connectivity index (χ2v) is 4.86. The molecule has 0 aliphatic rings. The van der Waals surface area contributed by atoms with Gasteiger partial charge in [0.05, 0.1) is 24.9 Å². The summed E-state index contributed by atoms with van der Waals surface area (Å²) < 4.78 is 11.2. The van der Waals surface area contributed by atoms with Crippen molar-refractivity contribution in [2.24, 2.45) is 0 Å². The van der Waals surface area contributed by atoms with Gasteiger partial charge in [0.15, 0.2) is 11.5 Å². The zero-order chi connectivity index (χ0) is 16.0. The molecule has 1 aromatic carbocycles. The molecule has 0 amide bonds. The number of nitriles is 1. The second-order valence-electron chi connectivity index (χ2n) is 4.86. The van der Waals surface area contributed by atoms with Gasteiger partial charge < -0.3 is 14.6 Å². The van der Waals surface area contributed by atoms with Crippen molar-refractivity contribution in [3.05, 3.63) is 48.1 Å². The quantitative estimate of drug-likeness (QED) is 0.617. The molecule has 0 heterocycles. The molecule has 0 aliphatic heterocycles. The number of aliphatic hydroxyl groups is 1. The minimum Gasteiger partial charge on any atom is -0.493 e. The number of nitrogens with zero attached hydrogens (tertiary/aromatic N) is 1. The molecule has 1 N–H and O–H groups in total. The first-order valence-corrected chi connectivity index (χ1v) is 6.70. The fourth-order valence-electron chi connectivity index (χ4n) is 2.01. The van der Waals surface area contributed by atoms with E-state index < -0.39 is 6.10 Å². The predicted molar refractivity (Wildman–Crippen MR) is 82.4 cm³/mol. The lowest BCUT2D eigenvalue weighted by molar-refractivity contribution is 0.211. The number of benzene rings is 1. The zero-order valence-electron chi connectivity index (χ0n) is 12.7. The maximum absolute atomic E-state index is 10.3. The van der Waals surface area contributed by atoms with Crippen LogP contribution in [0.2, 0.25) is 0 Å². The zero-order valence-corrected chi connectivity index (χ0v) is 12.7. The molecule has 0 saturated heterocycles. The van der Waals surface area contributed by atoms with E-state index in [1.165, 1.54) is 0 Å². The molecule has 0 saturated carbocycles. The molecule has 0 radical (unpaired) electrons. The third-order valence-electron chi connectivity index (χ3n) is 2.95. The average molecular weight is 287 g/mol. The summed E-state index contributed by atoms with van der Waals surface area (Å²) in [6.07, 6.45) is 1.09. The Kier molecular flexibility index (Phi) is 6.01. The van der Waals surface area contributed by atoms with Crippen LogP contribution in [0.3, 0.4) is 0 Å². The number of allylic oxidation sites excluding steroid dienone is 1. The molecule has 0 aromatic heterocycles. The SMILES string of the molecule is C=CCc1c(C(O)C(=C)C#N)ccc(OC)c1OC(C)C. The number of methoxy groups -OCH3 is 1. The Morgan fingerprint density at radius 1 is 1.48 bits per heavy atom. The molecule has 4 heteroatoms. The summed E-state index contributed by atoms with van der Waals surface area (Å²) in [6.45, 7) is 11.1. The van der Waals surface area contributed by atoms with Crippen molar-refractivity contribution in [2.45, 2.75) is 32.5 Å². The monoisotopic (exact) mass is 287 g/mol. The topological polar surface area (TPSA) is 62.5 Å². The summed E-state index contributed by atoms with van der Waals surface area (Å²) in [4.78, 5) is 0. The first kappa shape index (κ1) is 16.8. The summed E-state index contributed by atoms with van der Waals surface area (Å²) in [6, 6.07) is 5.32. The Balaban J connectivity index is 3.48. The van der Waals surface area contributed by atoms with E-state index in [-0.39, 0.29) is 11.7 Å². The Morgan fingerprint density at radius 2 is 2.14 bits per heavy atom. The molecule has 0 bridgehead atoms. The molecule has 0 spiro atoms. The maximum Gasteiger partial charge on any atom is 0.165 e. The summed E-state index contributed by atoms with van der Waals surface area (Å²) in [5, 5.41) is 19.2. The molecule has 0 aliphatic carbocycles. The van der Waals surface area contributed by atoms with Crippen LogP contribution >= 0.6 is 0 Å². The van der Waals surface area contributed by atoms with Crippen LogP contribution in [0, 0.1) is 11.3 Å². The summed E-state index contributed by atoms with van der Waals surface area (Å²) >= 11 is 0. The van der Waals surface area contributed by atoms with Gasteiger partial charge in [-0.1, -0.05) is 18.7 Å². The fraction of sp³-hybridized carbons (Fsp3) is 0.353. The lowest BCUT2D eigenvalue weighted by Crippen LogP contribution is -2.12. The summed E-state index contributed by atoms with van der Waals surface area (Å²) in [5.41, 5.74) is 1.42. The first-order chi connectivity index (χ1) is 9.96. The van der Waals surface area contributed by atoms with Crippen LogP contribution in [0.1, 0.15) is 31.1 Å². The number of rotatable bonds is 7. The molecule has 0 fully saturated rings. The molecule has 1 rings (SSSR count). The summed E-state index contributed by atoms with van der Waals surface area (Å²) in [7, 11) is 1.56. The Hall–Kier alpha value is -2.25. The molecule has 1 atom stereocenters. The van der Waals surface area contributed by atoms with Gasteiger partial charge in [-0.05, 0) is 31.9 Å². The van der Waals surface area contributed by atoms with Crippen molar-refractivity contribution in [3.63, 3.8) is 0 Å². The summed E-state index contributed by atoms with van der Waals surface area (Å²) in [5.74, 6) is 1.15. The highest BCUT2D eigenvalue weighted by Crippen LogP contribution is 2.38. The first-order valence-electron chi connectivity index (χ1n) is 6.70. The van der Waals surface area contributed by atoms with Crippen LogP contribution < -0.4 is 9.47 Å². The standard InChI is InChI=1S/C17H21NO3/c1-6-7-14-13(16(19)12(4)10-18)8-9-15(20-5)17(14)21-11(2)3/h6,8-9,11,16,19H,1,4,7H2,2-3,5H3. The van der Waals surface area contributed by atoms with Gasteiger partial charge in [0, 0.05) is 5.56 Å². The highest BCUT2D eigenvalue weighted by atomic mass is 16.5. The normalized spacial score (nSPS) is 11.6. The highest BCUT2D eigenvalue weighted by molar-refractivity contribution is 5.54. The number of hydrogen-bond acceptors (Lipinski definition) is 4. The average Bonchev–Trinajstić information content (AvgIpc) is 2.46. The lowest BCUT2D eigenvalue weighted by Gasteiger charge is -2.21. The van der Waals surface area contributed by atoms with Crippen molar-refractivity contribution in [1.29, 1.82) is 5.26 Å². The lowest BCUT2D eigenvalue weighted by atomic mass is 9.95. The predicted octanol–water partition coefficient (Wildman–Crippen LogP) is 3.32. The van der Waals surface area contributed by atoms with Crippen molar-refractivity contribution >= 4 is 0 Å². The van der Waals surface area contributed by atoms with Crippen LogP contribution in [0.15, 0.2) is 36.9 Å². The van der Waals surface area contributed by atoms with E-state index in [9.17, 15) is 5.11 Å². The van der Waals surface area contributed by atoms with Gasteiger partial charge in [-0.25, -0.2) is 0 Å². The van der Waals surface area contributed by atoms with E-state index >= 15 is 0 Å². The minimum absolute atomic E-state index is 0.0472.